The lowest BCUT2D eigenvalue weighted by Gasteiger charge is -2.18. The number of imide groups is 1. The number of nitrogens with zero attached hydrogens (tertiary/aromatic N) is 1. The second-order valence-corrected chi connectivity index (χ2v) is 5.84. The molecule has 0 saturated carbocycles. The average molecular weight is 347 g/mol. The summed E-state index contributed by atoms with van der Waals surface area (Å²) >= 11 is 0. The standard InChI is InChI=1S/C17H21N3O5/c1-10-4-5-13(8-11(10)2)15(22)19-9-14(21)25-12(3)16(23)20-7-6-18-17(20)24/h4-5,8,12H,6-7,9H2,1-3H3,(H,18,24)(H,19,22)/t12-/m1/s1. The third-order valence-electron chi connectivity index (χ3n) is 3.94. The van der Waals surface area contributed by atoms with Crippen LogP contribution in [-0.2, 0) is 14.3 Å². The van der Waals surface area contributed by atoms with E-state index >= 15 is 0 Å². The van der Waals surface area contributed by atoms with Crippen molar-refractivity contribution in [3.8, 4) is 0 Å². The summed E-state index contributed by atoms with van der Waals surface area (Å²) in [5.41, 5.74) is 2.47. The third-order valence-corrected chi connectivity index (χ3v) is 3.94. The number of benzene rings is 1. The van der Waals surface area contributed by atoms with Crippen LogP contribution in [0.5, 0.6) is 0 Å². The summed E-state index contributed by atoms with van der Waals surface area (Å²) in [7, 11) is 0. The summed E-state index contributed by atoms with van der Waals surface area (Å²) in [6.45, 7) is 5.46. The number of urea groups is 1. The molecule has 0 aromatic heterocycles. The number of esters is 1. The monoisotopic (exact) mass is 347 g/mol. The van der Waals surface area contributed by atoms with Gasteiger partial charge in [-0.3, -0.25) is 19.3 Å². The second-order valence-electron chi connectivity index (χ2n) is 5.84. The van der Waals surface area contributed by atoms with Crippen molar-refractivity contribution >= 4 is 23.8 Å². The molecule has 0 bridgehead atoms. The summed E-state index contributed by atoms with van der Waals surface area (Å²) in [4.78, 5) is 48.3. The highest BCUT2D eigenvalue weighted by atomic mass is 16.5. The number of rotatable bonds is 5. The van der Waals surface area contributed by atoms with Gasteiger partial charge in [-0.05, 0) is 44.0 Å². The smallest absolute Gasteiger partial charge is 0.326 e. The highest BCUT2D eigenvalue weighted by Gasteiger charge is 2.31. The number of nitrogens with one attached hydrogen (secondary N) is 2. The van der Waals surface area contributed by atoms with Crippen molar-refractivity contribution in [2.75, 3.05) is 19.6 Å². The summed E-state index contributed by atoms with van der Waals surface area (Å²) in [6.07, 6.45) is -1.10. The molecule has 0 radical (unpaired) electrons. The Bertz CT molecular complexity index is 716. The summed E-state index contributed by atoms with van der Waals surface area (Å²) in [6, 6.07) is 4.72. The van der Waals surface area contributed by atoms with Gasteiger partial charge in [0.2, 0.25) is 0 Å². The van der Waals surface area contributed by atoms with Gasteiger partial charge in [0.15, 0.2) is 6.10 Å². The van der Waals surface area contributed by atoms with Crippen molar-refractivity contribution < 1.29 is 23.9 Å². The summed E-state index contributed by atoms with van der Waals surface area (Å²) in [5.74, 6) is -1.75. The Morgan fingerprint density at radius 1 is 1.28 bits per heavy atom. The van der Waals surface area contributed by atoms with Crippen molar-refractivity contribution in [2.45, 2.75) is 26.9 Å². The maximum Gasteiger partial charge on any atom is 0.326 e. The fourth-order valence-electron chi connectivity index (χ4n) is 2.33. The van der Waals surface area contributed by atoms with Gasteiger partial charge in [-0.2, -0.15) is 0 Å². The van der Waals surface area contributed by atoms with Crippen LogP contribution in [0.2, 0.25) is 0 Å². The second kappa shape index (κ2) is 7.78. The van der Waals surface area contributed by atoms with Gasteiger partial charge in [0.25, 0.3) is 11.8 Å². The van der Waals surface area contributed by atoms with Crippen LogP contribution in [0.15, 0.2) is 18.2 Å². The fraction of sp³-hybridized carbons (Fsp3) is 0.412. The Labute approximate surface area is 145 Å². The van der Waals surface area contributed by atoms with E-state index in [0.29, 0.717) is 12.1 Å². The van der Waals surface area contributed by atoms with Gasteiger partial charge in [0.05, 0.1) is 0 Å². The number of hydrogen-bond acceptors (Lipinski definition) is 5. The van der Waals surface area contributed by atoms with Crippen LogP contribution < -0.4 is 10.6 Å². The molecule has 0 unspecified atom stereocenters. The molecule has 4 amide bonds. The molecule has 2 N–H and O–H groups in total. The van der Waals surface area contributed by atoms with Gasteiger partial charge in [0.1, 0.15) is 6.54 Å². The van der Waals surface area contributed by atoms with Gasteiger partial charge in [0, 0.05) is 18.7 Å². The first-order valence-corrected chi connectivity index (χ1v) is 7.93. The van der Waals surface area contributed by atoms with Gasteiger partial charge in [-0.1, -0.05) is 6.07 Å². The van der Waals surface area contributed by atoms with E-state index in [1.54, 1.807) is 12.1 Å². The lowest BCUT2D eigenvalue weighted by molar-refractivity contribution is -0.156. The van der Waals surface area contributed by atoms with Crippen molar-refractivity contribution in [1.82, 2.24) is 15.5 Å². The normalized spacial score (nSPS) is 14.7. The van der Waals surface area contributed by atoms with Gasteiger partial charge in [-0.15, -0.1) is 0 Å². The van der Waals surface area contributed by atoms with Crippen LogP contribution in [0, 0.1) is 13.8 Å². The van der Waals surface area contributed by atoms with Gasteiger partial charge < -0.3 is 15.4 Å². The van der Waals surface area contributed by atoms with E-state index in [1.165, 1.54) is 6.92 Å². The minimum Gasteiger partial charge on any atom is -0.451 e. The van der Waals surface area contributed by atoms with Crippen molar-refractivity contribution in [3.05, 3.63) is 34.9 Å². The molecule has 8 heteroatoms. The molecule has 0 spiro atoms. The molecule has 2 rings (SSSR count). The molecule has 134 valence electrons. The van der Waals surface area contributed by atoms with Crippen LogP contribution >= 0.6 is 0 Å². The van der Waals surface area contributed by atoms with E-state index in [0.717, 1.165) is 16.0 Å². The molecule has 1 aliphatic heterocycles. The van der Waals surface area contributed by atoms with E-state index in [4.69, 9.17) is 4.74 Å². The molecule has 8 nitrogen and oxygen atoms in total. The van der Waals surface area contributed by atoms with Crippen LogP contribution in [-0.4, -0.2) is 54.5 Å². The van der Waals surface area contributed by atoms with Crippen LogP contribution in [0.3, 0.4) is 0 Å². The highest BCUT2D eigenvalue weighted by molar-refractivity contribution is 5.99. The van der Waals surface area contributed by atoms with E-state index in [-0.39, 0.29) is 13.1 Å². The molecule has 1 heterocycles. The quantitative estimate of drug-likeness (QED) is 0.756. The lowest BCUT2D eigenvalue weighted by atomic mass is 10.1. The third kappa shape index (κ3) is 4.56. The maximum absolute atomic E-state index is 12.0. The highest BCUT2D eigenvalue weighted by Crippen LogP contribution is 2.09. The zero-order valence-electron chi connectivity index (χ0n) is 14.4. The topological polar surface area (TPSA) is 105 Å². The Hall–Kier alpha value is -2.90. The Kier molecular flexibility index (Phi) is 5.74. The molecule has 0 aliphatic carbocycles. The van der Waals surface area contributed by atoms with Crippen molar-refractivity contribution in [2.24, 2.45) is 0 Å². The van der Waals surface area contributed by atoms with Gasteiger partial charge >= 0.3 is 12.0 Å². The first-order chi connectivity index (χ1) is 11.8. The minimum atomic E-state index is -1.10. The molecule has 1 saturated heterocycles. The molecular formula is C17H21N3O5. The fourth-order valence-corrected chi connectivity index (χ4v) is 2.33. The first-order valence-electron chi connectivity index (χ1n) is 7.93. The molecule has 1 fully saturated rings. The number of aryl methyl sites for hydroxylation is 2. The number of amides is 4. The molecular weight excluding hydrogens is 326 g/mol. The van der Waals surface area contributed by atoms with Crippen molar-refractivity contribution in [3.63, 3.8) is 0 Å². The van der Waals surface area contributed by atoms with E-state index in [2.05, 4.69) is 10.6 Å². The molecule has 1 aliphatic rings. The number of hydrogen-bond donors (Lipinski definition) is 2. The Morgan fingerprint density at radius 2 is 2.00 bits per heavy atom. The van der Waals surface area contributed by atoms with Crippen molar-refractivity contribution in [1.29, 1.82) is 0 Å². The number of carbonyl (C=O) groups is 4. The molecule has 25 heavy (non-hydrogen) atoms. The largest absolute Gasteiger partial charge is 0.451 e. The Morgan fingerprint density at radius 3 is 2.60 bits per heavy atom. The predicted molar refractivity (Wildman–Crippen MR) is 88.9 cm³/mol. The number of ether oxygens (including phenoxy) is 1. The molecule has 1 aromatic carbocycles. The molecule has 1 aromatic rings. The van der Waals surface area contributed by atoms with E-state index < -0.39 is 29.9 Å². The summed E-state index contributed by atoms with van der Waals surface area (Å²) in [5, 5.41) is 4.94. The van der Waals surface area contributed by atoms with E-state index in [9.17, 15) is 19.2 Å². The van der Waals surface area contributed by atoms with E-state index in [1.807, 2.05) is 19.9 Å². The number of carbonyl (C=O) groups excluding carboxylic acids is 4. The average Bonchev–Trinajstić information content (AvgIpc) is 3.00. The Balaban J connectivity index is 1.83. The SMILES string of the molecule is Cc1ccc(C(=O)NCC(=O)O[C@H](C)C(=O)N2CCNC2=O)cc1C. The van der Waals surface area contributed by atoms with Crippen LogP contribution in [0.1, 0.15) is 28.4 Å². The maximum atomic E-state index is 12.0. The first kappa shape index (κ1) is 18.4. The zero-order valence-corrected chi connectivity index (χ0v) is 14.4. The summed E-state index contributed by atoms with van der Waals surface area (Å²) < 4.78 is 4.98. The predicted octanol–water partition coefficient (Wildman–Crippen LogP) is 0.517. The van der Waals surface area contributed by atoms with Crippen LogP contribution in [0.25, 0.3) is 0 Å². The van der Waals surface area contributed by atoms with Crippen LogP contribution in [0.4, 0.5) is 4.79 Å². The molecule has 1 atom stereocenters. The lowest BCUT2D eigenvalue weighted by Crippen LogP contribution is -2.43. The van der Waals surface area contributed by atoms with Gasteiger partial charge in [-0.25, -0.2) is 4.79 Å². The minimum absolute atomic E-state index is 0.239. The zero-order chi connectivity index (χ0) is 18.6.